The van der Waals surface area contributed by atoms with Gasteiger partial charge in [-0.2, -0.15) is 0 Å². The van der Waals surface area contributed by atoms with E-state index in [9.17, 15) is 0 Å². The summed E-state index contributed by atoms with van der Waals surface area (Å²) in [5.74, 6) is 0. The molecule has 0 N–H and O–H groups in total. The lowest BCUT2D eigenvalue weighted by molar-refractivity contribution is 0.312. The van der Waals surface area contributed by atoms with Crippen LogP contribution in [0.2, 0.25) is 0 Å². The summed E-state index contributed by atoms with van der Waals surface area (Å²) in [5, 5.41) is 0. The van der Waals surface area contributed by atoms with Crippen LogP contribution in [-0.4, -0.2) is 23.1 Å². The van der Waals surface area contributed by atoms with Crippen molar-refractivity contribution in [1.82, 2.24) is 9.47 Å². The van der Waals surface area contributed by atoms with E-state index in [2.05, 4.69) is 72.1 Å². The smallest absolute Gasteiger partial charge is 0.0639 e. The molecule has 1 aromatic carbocycles. The maximum atomic E-state index is 2.42. The van der Waals surface area contributed by atoms with Gasteiger partial charge in [0.05, 0.1) is 10.2 Å². The van der Waals surface area contributed by atoms with Crippen molar-refractivity contribution in [2.75, 3.05) is 13.6 Å². The van der Waals surface area contributed by atoms with Crippen LogP contribution >= 0.6 is 11.3 Å². The quantitative estimate of drug-likeness (QED) is 0.670. The molecule has 4 rings (SSSR count). The molecular weight excluding hydrogens is 288 g/mol. The maximum Gasteiger partial charge on any atom is 0.0639 e. The highest BCUT2D eigenvalue weighted by molar-refractivity contribution is 7.19. The van der Waals surface area contributed by atoms with Gasteiger partial charge in [0.15, 0.2) is 0 Å². The third-order valence-electron chi connectivity index (χ3n) is 4.38. The van der Waals surface area contributed by atoms with Gasteiger partial charge in [-0.1, -0.05) is 30.3 Å². The summed E-state index contributed by atoms with van der Waals surface area (Å²) in [5.41, 5.74) is 5.64. The molecule has 1 aliphatic heterocycles. The average molecular weight is 308 g/mol. The Morgan fingerprint density at radius 1 is 1.18 bits per heavy atom. The molecule has 0 bridgehead atoms. The fourth-order valence-electron chi connectivity index (χ4n) is 3.29. The van der Waals surface area contributed by atoms with Gasteiger partial charge in [-0.25, -0.2) is 0 Å². The molecule has 0 saturated carbocycles. The first kappa shape index (κ1) is 13.8. The molecule has 0 radical (unpaired) electrons. The molecule has 22 heavy (non-hydrogen) atoms. The molecule has 0 atom stereocenters. The first-order valence-corrected chi connectivity index (χ1v) is 8.58. The van der Waals surface area contributed by atoms with Crippen LogP contribution in [0.5, 0.6) is 0 Å². The number of thiophene rings is 1. The predicted octanol–water partition coefficient (Wildman–Crippen LogP) is 4.63. The number of hydrogen-bond acceptors (Lipinski definition) is 2. The van der Waals surface area contributed by atoms with E-state index >= 15 is 0 Å². The summed E-state index contributed by atoms with van der Waals surface area (Å²) in [6.45, 7) is 4.41. The van der Waals surface area contributed by atoms with E-state index in [0.29, 0.717) is 0 Å². The Bertz CT molecular complexity index is 839. The number of nitrogens with zero attached hydrogens (tertiary/aromatic N) is 2. The van der Waals surface area contributed by atoms with Crippen molar-refractivity contribution in [3.8, 4) is 0 Å². The van der Waals surface area contributed by atoms with Crippen LogP contribution in [0.25, 0.3) is 22.5 Å². The van der Waals surface area contributed by atoms with Crippen molar-refractivity contribution in [3.05, 3.63) is 58.1 Å². The molecule has 0 amide bonds. The monoisotopic (exact) mass is 308 g/mol. The number of aromatic nitrogens is 1. The fraction of sp³-hybridized carbons (Fsp3) is 0.263. The summed E-state index contributed by atoms with van der Waals surface area (Å²) >= 11 is 1.93. The minimum atomic E-state index is 1.07. The predicted molar refractivity (Wildman–Crippen MR) is 96.3 cm³/mol. The molecule has 112 valence electrons. The Morgan fingerprint density at radius 2 is 2.00 bits per heavy atom. The Kier molecular flexibility index (Phi) is 3.40. The molecule has 3 heteroatoms. The van der Waals surface area contributed by atoms with Crippen molar-refractivity contribution in [2.24, 2.45) is 0 Å². The largest absolute Gasteiger partial charge is 0.319 e. The van der Waals surface area contributed by atoms with Crippen LogP contribution in [0, 0.1) is 6.92 Å². The van der Waals surface area contributed by atoms with E-state index in [-0.39, 0.29) is 0 Å². The topological polar surface area (TPSA) is 8.17 Å². The molecule has 3 heterocycles. The van der Waals surface area contributed by atoms with Gasteiger partial charge in [0.2, 0.25) is 0 Å². The molecule has 3 aromatic rings. The van der Waals surface area contributed by atoms with Crippen molar-refractivity contribution in [3.63, 3.8) is 0 Å². The second kappa shape index (κ2) is 5.41. The van der Waals surface area contributed by atoms with Crippen LogP contribution in [-0.2, 0) is 13.0 Å². The van der Waals surface area contributed by atoms with Gasteiger partial charge in [-0.15, -0.1) is 11.3 Å². The van der Waals surface area contributed by atoms with Gasteiger partial charge < -0.3 is 9.47 Å². The van der Waals surface area contributed by atoms with E-state index in [1.807, 2.05) is 11.3 Å². The Labute approximate surface area is 135 Å². The van der Waals surface area contributed by atoms with Gasteiger partial charge in [0.25, 0.3) is 0 Å². The number of likely N-dealkylation sites (N-methyl/N-ethyl adjacent to an activating group) is 1. The number of fused-ring (bicyclic) bond motifs is 3. The summed E-state index contributed by atoms with van der Waals surface area (Å²) in [6, 6.07) is 12.9. The summed E-state index contributed by atoms with van der Waals surface area (Å²) < 4.78 is 3.88. The molecule has 0 unspecified atom stereocenters. The van der Waals surface area contributed by atoms with Crippen molar-refractivity contribution >= 4 is 33.8 Å². The number of benzene rings is 1. The average Bonchev–Trinajstić information content (AvgIpc) is 3.02. The zero-order chi connectivity index (χ0) is 15.1. The van der Waals surface area contributed by atoms with Crippen molar-refractivity contribution in [1.29, 1.82) is 0 Å². The zero-order valence-electron chi connectivity index (χ0n) is 13.0. The molecule has 2 aromatic heterocycles. The molecule has 0 aliphatic carbocycles. The third kappa shape index (κ3) is 2.31. The lowest BCUT2D eigenvalue weighted by Gasteiger charge is -2.23. The zero-order valence-corrected chi connectivity index (χ0v) is 13.9. The molecule has 2 nitrogen and oxygen atoms in total. The Balaban J connectivity index is 1.84. The highest BCUT2D eigenvalue weighted by Crippen LogP contribution is 2.36. The van der Waals surface area contributed by atoms with Crippen LogP contribution < -0.4 is 0 Å². The molecule has 0 spiro atoms. The third-order valence-corrected chi connectivity index (χ3v) is 5.48. The number of hydrogen-bond donors (Lipinski definition) is 0. The van der Waals surface area contributed by atoms with Gasteiger partial charge >= 0.3 is 0 Å². The van der Waals surface area contributed by atoms with Crippen LogP contribution in [0.4, 0.5) is 0 Å². The Morgan fingerprint density at radius 3 is 2.82 bits per heavy atom. The summed E-state index contributed by atoms with van der Waals surface area (Å²) in [6.07, 6.45) is 5.59. The second-order valence-corrected chi connectivity index (χ2v) is 7.34. The van der Waals surface area contributed by atoms with Crippen LogP contribution in [0.15, 0.2) is 36.4 Å². The number of rotatable bonds is 2. The fourth-order valence-corrected chi connectivity index (χ4v) is 4.35. The van der Waals surface area contributed by atoms with Gasteiger partial charge in [0, 0.05) is 41.8 Å². The minimum absolute atomic E-state index is 1.07. The first-order chi connectivity index (χ1) is 10.7. The van der Waals surface area contributed by atoms with Gasteiger partial charge in [-0.3, -0.25) is 0 Å². The van der Waals surface area contributed by atoms with Crippen LogP contribution in [0.1, 0.15) is 21.7 Å². The number of aryl methyl sites for hydroxylation is 1. The first-order valence-electron chi connectivity index (χ1n) is 7.76. The minimum Gasteiger partial charge on any atom is -0.319 e. The van der Waals surface area contributed by atoms with E-state index in [0.717, 1.165) is 19.5 Å². The van der Waals surface area contributed by atoms with Gasteiger partial charge in [0.1, 0.15) is 0 Å². The summed E-state index contributed by atoms with van der Waals surface area (Å²) in [4.78, 5) is 3.81. The van der Waals surface area contributed by atoms with Crippen molar-refractivity contribution < 1.29 is 0 Å². The van der Waals surface area contributed by atoms with Gasteiger partial charge in [-0.05, 0) is 31.7 Å². The SMILES string of the molecule is Cc1cc2c(s1)c1c(n2/C=C/c2ccccc2)CCN(C)C1. The van der Waals surface area contributed by atoms with Crippen LogP contribution in [0.3, 0.4) is 0 Å². The van der Waals surface area contributed by atoms with E-state index in [1.54, 1.807) is 0 Å². The van der Waals surface area contributed by atoms with E-state index in [1.165, 1.54) is 31.9 Å². The second-order valence-electron chi connectivity index (χ2n) is 6.08. The van der Waals surface area contributed by atoms with E-state index < -0.39 is 0 Å². The highest BCUT2D eigenvalue weighted by atomic mass is 32.1. The molecular formula is C19H20N2S. The molecule has 0 saturated heterocycles. The highest BCUT2D eigenvalue weighted by Gasteiger charge is 2.22. The molecule has 1 aliphatic rings. The maximum absolute atomic E-state index is 2.42. The Hall–Kier alpha value is -1.84. The standard InChI is InChI=1S/C19H20N2S/c1-14-12-18-19(22-14)16-13-20(2)10-9-17(16)21(18)11-8-15-6-4-3-5-7-15/h3-8,11-12H,9-10,13H2,1-2H3/b11-8+. The normalized spacial score (nSPS) is 15.7. The lowest BCUT2D eigenvalue weighted by atomic mass is 10.1. The van der Waals surface area contributed by atoms with E-state index in [4.69, 9.17) is 0 Å². The van der Waals surface area contributed by atoms with Crippen molar-refractivity contribution in [2.45, 2.75) is 19.9 Å². The lowest BCUT2D eigenvalue weighted by Crippen LogP contribution is -2.26. The summed E-state index contributed by atoms with van der Waals surface area (Å²) in [7, 11) is 2.21. The molecule has 0 fully saturated rings.